The molecule has 0 atom stereocenters. The van der Waals surface area contributed by atoms with Crippen molar-refractivity contribution < 1.29 is 14.3 Å². The van der Waals surface area contributed by atoms with Gasteiger partial charge in [0.05, 0.1) is 24.1 Å². The fourth-order valence-corrected chi connectivity index (χ4v) is 2.45. The quantitative estimate of drug-likeness (QED) is 0.743. The Hall–Kier alpha value is -3.41. The van der Waals surface area contributed by atoms with Crippen molar-refractivity contribution in [3.05, 3.63) is 77.5 Å². The zero-order chi connectivity index (χ0) is 17.8. The number of ether oxygens (including phenoxy) is 1. The van der Waals surface area contributed by atoms with Gasteiger partial charge in [-0.2, -0.15) is 5.10 Å². The summed E-state index contributed by atoms with van der Waals surface area (Å²) < 4.78 is 6.35. The van der Waals surface area contributed by atoms with E-state index in [2.05, 4.69) is 15.2 Å². The standard InChI is InChI=1S/C19H17N3O3/c1-13-11-17(22(21-13)16-9-4-3-5-10-16)20-18(23)14-7-6-8-15(12-14)19(24)25-2/h3-12H,1-2H3,(H,20,23). The van der Waals surface area contributed by atoms with Gasteiger partial charge in [-0.1, -0.05) is 24.3 Å². The number of hydrogen-bond donors (Lipinski definition) is 1. The third-order valence-corrected chi connectivity index (χ3v) is 3.62. The number of methoxy groups -OCH3 is 1. The number of aromatic nitrogens is 2. The molecule has 1 N–H and O–H groups in total. The molecule has 6 nitrogen and oxygen atoms in total. The Kier molecular flexibility index (Phi) is 4.61. The summed E-state index contributed by atoms with van der Waals surface area (Å²) in [6, 6.07) is 17.7. The second-order valence-corrected chi connectivity index (χ2v) is 5.44. The van der Waals surface area contributed by atoms with E-state index >= 15 is 0 Å². The van der Waals surface area contributed by atoms with Gasteiger partial charge in [0.1, 0.15) is 5.82 Å². The van der Waals surface area contributed by atoms with Crippen molar-refractivity contribution in [1.29, 1.82) is 0 Å². The number of para-hydroxylation sites is 1. The van der Waals surface area contributed by atoms with E-state index in [0.29, 0.717) is 16.9 Å². The van der Waals surface area contributed by atoms with Gasteiger partial charge in [-0.15, -0.1) is 0 Å². The maximum absolute atomic E-state index is 12.6. The topological polar surface area (TPSA) is 73.2 Å². The van der Waals surface area contributed by atoms with Gasteiger partial charge < -0.3 is 10.1 Å². The number of amides is 1. The first-order valence-corrected chi connectivity index (χ1v) is 7.70. The van der Waals surface area contributed by atoms with E-state index < -0.39 is 5.97 Å². The molecule has 25 heavy (non-hydrogen) atoms. The number of hydrogen-bond acceptors (Lipinski definition) is 4. The molecule has 0 saturated heterocycles. The summed E-state index contributed by atoms with van der Waals surface area (Å²) in [5.74, 6) is -0.264. The SMILES string of the molecule is COC(=O)c1cccc(C(=O)Nc2cc(C)nn2-c2ccccc2)c1. The van der Waals surface area contributed by atoms with Crippen LogP contribution >= 0.6 is 0 Å². The lowest BCUT2D eigenvalue weighted by atomic mass is 10.1. The molecule has 0 aliphatic heterocycles. The fourth-order valence-electron chi connectivity index (χ4n) is 2.45. The average molecular weight is 335 g/mol. The van der Waals surface area contributed by atoms with Gasteiger partial charge >= 0.3 is 5.97 Å². The van der Waals surface area contributed by atoms with Gasteiger partial charge in [-0.05, 0) is 37.3 Å². The van der Waals surface area contributed by atoms with Crippen LogP contribution in [0.4, 0.5) is 5.82 Å². The smallest absolute Gasteiger partial charge is 0.337 e. The number of rotatable bonds is 4. The second kappa shape index (κ2) is 7.00. The number of carbonyl (C=O) groups excluding carboxylic acids is 2. The van der Waals surface area contributed by atoms with Crippen LogP contribution < -0.4 is 5.32 Å². The predicted molar refractivity (Wildman–Crippen MR) is 94.0 cm³/mol. The van der Waals surface area contributed by atoms with Crippen LogP contribution in [0.25, 0.3) is 5.69 Å². The number of aryl methyl sites for hydroxylation is 1. The lowest BCUT2D eigenvalue weighted by Gasteiger charge is -2.09. The van der Waals surface area contributed by atoms with Gasteiger partial charge in [0.25, 0.3) is 5.91 Å². The monoisotopic (exact) mass is 335 g/mol. The Morgan fingerprint density at radius 1 is 1.00 bits per heavy atom. The average Bonchev–Trinajstić information content (AvgIpc) is 3.02. The number of benzene rings is 2. The van der Waals surface area contributed by atoms with Crippen molar-refractivity contribution in [2.75, 3.05) is 12.4 Å². The maximum Gasteiger partial charge on any atom is 0.337 e. The molecular weight excluding hydrogens is 318 g/mol. The fraction of sp³-hybridized carbons (Fsp3) is 0.105. The third-order valence-electron chi connectivity index (χ3n) is 3.62. The first-order chi connectivity index (χ1) is 12.1. The van der Waals surface area contributed by atoms with Crippen LogP contribution in [-0.4, -0.2) is 28.8 Å². The number of esters is 1. The van der Waals surface area contributed by atoms with Gasteiger partial charge in [-0.25, -0.2) is 9.48 Å². The zero-order valence-electron chi connectivity index (χ0n) is 13.9. The van der Waals surface area contributed by atoms with Gasteiger partial charge in [0.2, 0.25) is 0 Å². The van der Waals surface area contributed by atoms with Crippen LogP contribution in [0.1, 0.15) is 26.4 Å². The minimum Gasteiger partial charge on any atom is -0.465 e. The normalized spacial score (nSPS) is 10.3. The summed E-state index contributed by atoms with van der Waals surface area (Å²) in [5, 5.41) is 7.25. The molecule has 6 heteroatoms. The molecule has 126 valence electrons. The number of nitrogens with zero attached hydrogens (tertiary/aromatic N) is 2. The predicted octanol–water partition coefficient (Wildman–Crippen LogP) is 3.22. The number of nitrogens with one attached hydrogen (secondary N) is 1. The van der Waals surface area contributed by atoms with E-state index in [0.717, 1.165) is 11.4 Å². The maximum atomic E-state index is 12.6. The summed E-state index contributed by atoms with van der Waals surface area (Å²) in [4.78, 5) is 24.2. The highest BCUT2D eigenvalue weighted by Crippen LogP contribution is 2.18. The van der Waals surface area contributed by atoms with Crippen molar-refractivity contribution >= 4 is 17.7 Å². The Balaban J connectivity index is 1.88. The highest BCUT2D eigenvalue weighted by Gasteiger charge is 2.14. The van der Waals surface area contributed by atoms with E-state index in [9.17, 15) is 9.59 Å². The molecule has 1 aromatic heterocycles. The van der Waals surface area contributed by atoms with Gasteiger partial charge in [0, 0.05) is 11.6 Å². The second-order valence-electron chi connectivity index (χ2n) is 5.44. The molecule has 0 unspecified atom stereocenters. The summed E-state index contributed by atoms with van der Waals surface area (Å²) in [7, 11) is 1.30. The molecule has 0 saturated carbocycles. The van der Waals surface area contributed by atoms with Gasteiger partial charge in [0.15, 0.2) is 0 Å². The molecule has 1 heterocycles. The summed E-state index contributed by atoms with van der Waals surface area (Å²) in [6.07, 6.45) is 0. The van der Waals surface area contributed by atoms with Crippen LogP contribution in [0.15, 0.2) is 60.7 Å². The van der Waals surface area contributed by atoms with Crippen molar-refractivity contribution in [1.82, 2.24) is 9.78 Å². The molecule has 0 bridgehead atoms. The van der Waals surface area contributed by atoms with E-state index in [1.54, 1.807) is 28.9 Å². The molecule has 2 aromatic carbocycles. The highest BCUT2D eigenvalue weighted by atomic mass is 16.5. The third kappa shape index (κ3) is 3.58. The Bertz CT molecular complexity index is 917. The first-order valence-electron chi connectivity index (χ1n) is 7.70. The molecule has 3 rings (SSSR count). The van der Waals surface area contributed by atoms with Crippen LogP contribution in [0.5, 0.6) is 0 Å². The summed E-state index contributed by atoms with van der Waals surface area (Å²) in [5.41, 5.74) is 2.31. The van der Waals surface area contributed by atoms with Crippen molar-refractivity contribution in [3.8, 4) is 5.69 Å². The molecule has 1 amide bonds. The lowest BCUT2D eigenvalue weighted by Crippen LogP contribution is -2.16. The van der Waals surface area contributed by atoms with Gasteiger partial charge in [-0.3, -0.25) is 4.79 Å². The highest BCUT2D eigenvalue weighted by molar-refractivity contribution is 6.05. The van der Waals surface area contributed by atoms with Crippen LogP contribution in [0.3, 0.4) is 0 Å². The van der Waals surface area contributed by atoms with E-state index in [1.807, 2.05) is 37.3 Å². The van der Waals surface area contributed by atoms with E-state index in [1.165, 1.54) is 13.2 Å². The molecule has 0 fully saturated rings. The minimum atomic E-state index is -0.486. The van der Waals surface area contributed by atoms with Crippen LogP contribution in [0, 0.1) is 6.92 Å². The largest absolute Gasteiger partial charge is 0.465 e. The van der Waals surface area contributed by atoms with E-state index in [4.69, 9.17) is 0 Å². The summed E-state index contributed by atoms with van der Waals surface area (Å²) >= 11 is 0. The summed E-state index contributed by atoms with van der Waals surface area (Å²) in [6.45, 7) is 1.85. The lowest BCUT2D eigenvalue weighted by molar-refractivity contribution is 0.0600. The molecule has 0 aliphatic rings. The number of carbonyl (C=O) groups is 2. The Labute approximate surface area is 145 Å². The molecule has 0 spiro atoms. The van der Waals surface area contributed by atoms with Crippen molar-refractivity contribution in [3.63, 3.8) is 0 Å². The zero-order valence-corrected chi connectivity index (χ0v) is 13.9. The van der Waals surface area contributed by atoms with Crippen LogP contribution in [-0.2, 0) is 4.74 Å². The Morgan fingerprint density at radius 3 is 2.44 bits per heavy atom. The van der Waals surface area contributed by atoms with Crippen LogP contribution in [0.2, 0.25) is 0 Å². The van der Waals surface area contributed by atoms with Crippen molar-refractivity contribution in [2.24, 2.45) is 0 Å². The Morgan fingerprint density at radius 2 is 1.72 bits per heavy atom. The number of anilines is 1. The molecule has 0 aliphatic carbocycles. The molecular formula is C19H17N3O3. The molecule has 0 radical (unpaired) electrons. The van der Waals surface area contributed by atoms with E-state index in [-0.39, 0.29) is 5.91 Å². The van der Waals surface area contributed by atoms with Crippen molar-refractivity contribution in [2.45, 2.75) is 6.92 Å². The first kappa shape index (κ1) is 16.4. The molecule has 3 aromatic rings. The minimum absolute atomic E-state index is 0.322.